The van der Waals surface area contributed by atoms with Crippen molar-refractivity contribution in [2.75, 3.05) is 27.8 Å². The summed E-state index contributed by atoms with van der Waals surface area (Å²) < 4.78 is 7.96. The smallest absolute Gasteiger partial charge is 0.352 e. The molecule has 0 unspecified atom stereocenters. The van der Waals surface area contributed by atoms with Crippen molar-refractivity contribution in [3.05, 3.63) is 86.7 Å². The van der Waals surface area contributed by atoms with Crippen LogP contribution in [0.3, 0.4) is 0 Å². The predicted molar refractivity (Wildman–Crippen MR) is 147 cm³/mol. The highest BCUT2D eigenvalue weighted by molar-refractivity contribution is 5.98. The zero-order valence-corrected chi connectivity index (χ0v) is 23.2. The lowest BCUT2D eigenvalue weighted by Gasteiger charge is -2.37. The van der Waals surface area contributed by atoms with Crippen LogP contribution in [0.1, 0.15) is 34.8 Å². The summed E-state index contributed by atoms with van der Waals surface area (Å²) in [6.45, 7) is -0.372. The van der Waals surface area contributed by atoms with Gasteiger partial charge in [0.15, 0.2) is 5.54 Å². The third-order valence-electron chi connectivity index (χ3n) is 7.74. The van der Waals surface area contributed by atoms with Gasteiger partial charge < -0.3 is 15.4 Å². The van der Waals surface area contributed by atoms with Gasteiger partial charge in [-0.3, -0.25) is 24.0 Å². The number of nitrogens with zero attached hydrogens (tertiary/aromatic N) is 4. The molecule has 42 heavy (non-hydrogen) atoms. The summed E-state index contributed by atoms with van der Waals surface area (Å²) >= 11 is 0. The topological polar surface area (TPSA) is 163 Å². The van der Waals surface area contributed by atoms with Crippen molar-refractivity contribution < 1.29 is 28.8 Å². The molecule has 14 heteroatoms. The van der Waals surface area contributed by atoms with Crippen LogP contribution in [0.4, 0.5) is 0 Å². The molecule has 1 saturated carbocycles. The Hall–Kier alpha value is -4.98. The lowest BCUT2D eigenvalue weighted by Crippen LogP contribution is -2.54. The number of hydrogen-bond donors (Lipinski definition) is 2. The van der Waals surface area contributed by atoms with E-state index in [-0.39, 0.29) is 30.3 Å². The molecule has 2 N–H and O–H groups in total. The van der Waals surface area contributed by atoms with Crippen LogP contribution in [-0.2, 0) is 35.9 Å². The Morgan fingerprint density at radius 3 is 2.40 bits per heavy atom. The van der Waals surface area contributed by atoms with E-state index in [4.69, 9.17) is 4.84 Å². The van der Waals surface area contributed by atoms with Crippen molar-refractivity contribution in [3.63, 3.8) is 0 Å². The van der Waals surface area contributed by atoms with Crippen molar-refractivity contribution in [1.82, 2.24) is 29.6 Å². The molecular weight excluding hydrogens is 548 g/mol. The van der Waals surface area contributed by atoms with E-state index in [1.165, 1.54) is 54.9 Å². The molecule has 3 aliphatic rings. The number of esters is 1. The number of carbonyl (C=O) groups excluding carboxylic acids is 4. The number of carbonyl (C=O) groups is 4. The summed E-state index contributed by atoms with van der Waals surface area (Å²) in [5, 5.41) is 6.18. The fourth-order valence-electron chi connectivity index (χ4n) is 5.53. The maximum atomic E-state index is 13.5. The normalized spacial score (nSPS) is 18.8. The van der Waals surface area contributed by atoms with Gasteiger partial charge in [-0.2, -0.15) is 0 Å². The quantitative estimate of drug-likeness (QED) is 0.240. The molecule has 3 heterocycles. The number of benzene rings is 2. The van der Waals surface area contributed by atoms with E-state index in [0.717, 1.165) is 15.2 Å². The molecule has 3 amide bonds. The minimum absolute atomic E-state index is 0.0871. The van der Waals surface area contributed by atoms with Crippen LogP contribution >= 0.6 is 0 Å². The van der Waals surface area contributed by atoms with Crippen LogP contribution in [-0.4, -0.2) is 76.5 Å². The Morgan fingerprint density at radius 1 is 1.02 bits per heavy atom. The molecule has 1 fully saturated rings. The molecule has 1 aromatic heterocycles. The Labute approximate surface area is 239 Å². The standard InChI is InChI=1S/C28H30N6O8/c1-31(42-3)25(38)28-14-20(15-28)33-26(39)32(27(40)34(28)33)19-11-7-10-18(13-19)23(36)30-21(12-17-8-5-4-6-9-17)24(37)29-16-22(35)41-2/h4-11,13,20-21H,12,14-16H2,1-3H3,(H,29,37)(H,30,36)/t20?,21-,28?/m0/s1. The minimum Gasteiger partial charge on any atom is -0.468 e. The Morgan fingerprint density at radius 2 is 1.74 bits per heavy atom. The third-order valence-corrected chi connectivity index (χ3v) is 7.74. The number of nitrogens with one attached hydrogen (secondary N) is 2. The van der Waals surface area contributed by atoms with Crippen LogP contribution < -0.4 is 22.0 Å². The molecule has 2 aromatic carbocycles. The Kier molecular flexibility index (Phi) is 7.56. The highest BCUT2D eigenvalue weighted by Crippen LogP contribution is 2.52. The summed E-state index contributed by atoms with van der Waals surface area (Å²) in [5.74, 6) is -2.31. The first kappa shape index (κ1) is 28.5. The molecule has 3 aromatic rings. The molecule has 2 aliphatic heterocycles. The molecule has 14 nitrogen and oxygen atoms in total. The van der Waals surface area contributed by atoms with Gasteiger partial charge in [-0.15, -0.1) is 0 Å². The first-order valence-corrected chi connectivity index (χ1v) is 13.2. The maximum Gasteiger partial charge on any atom is 0.352 e. The number of hydrogen-bond acceptors (Lipinski definition) is 8. The second kappa shape index (κ2) is 11.1. The van der Waals surface area contributed by atoms with Gasteiger partial charge in [-0.25, -0.2) is 28.6 Å². The Bertz CT molecular complexity index is 1670. The average Bonchev–Trinajstić information content (AvgIpc) is 3.60. The average molecular weight is 579 g/mol. The van der Waals surface area contributed by atoms with E-state index in [1.807, 2.05) is 6.07 Å². The van der Waals surface area contributed by atoms with Gasteiger partial charge in [-0.1, -0.05) is 36.4 Å². The number of aromatic nitrogens is 3. The number of likely N-dealkylation sites (N-methyl/N-ethyl adjacent to an activating group) is 1. The van der Waals surface area contributed by atoms with E-state index in [1.54, 1.807) is 24.3 Å². The Balaban J connectivity index is 1.42. The zero-order chi connectivity index (χ0) is 30.2. The van der Waals surface area contributed by atoms with Crippen LogP contribution in [0.2, 0.25) is 0 Å². The SMILES string of the molecule is COC(=O)CNC(=O)[C@H](Cc1ccccc1)NC(=O)c1cccc(-n2c(=O)n3n(c2=O)C2(C(=O)N(C)OC)CC3C2)c1. The molecule has 0 radical (unpaired) electrons. The van der Waals surface area contributed by atoms with Crippen LogP contribution in [0, 0.1) is 0 Å². The molecule has 2 bridgehead atoms. The molecule has 6 rings (SSSR count). The molecule has 1 atom stereocenters. The van der Waals surface area contributed by atoms with Crippen molar-refractivity contribution in [3.8, 4) is 5.69 Å². The van der Waals surface area contributed by atoms with Gasteiger partial charge in [0, 0.05) is 31.9 Å². The lowest BCUT2D eigenvalue weighted by atomic mass is 9.74. The number of amides is 3. The number of methoxy groups -OCH3 is 1. The van der Waals surface area contributed by atoms with Gasteiger partial charge in [0.05, 0.1) is 25.9 Å². The van der Waals surface area contributed by atoms with Crippen LogP contribution in [0.15, 0.2) is 64.2 Å². The fourth-order valence-corrected chi connectivity index (χ4v) is 5.53. The summed E-state index contributed by atoms with van der Waals surface area (Å²) in [6, 6.07) is 13.5. The van der Waals surface area contributed by atoms with Crippen molar-refractivity contribution in [2.24, 2.45) is 0 Å². The summed E-state index contributed by atoms with van der Waals surface area (Å²) in [7, 11) is 3.97. The zero-order valence-electron chi connectivity index (χ0n) is 23.2. The largest absolute Gasteiger partial charge is 0.468 e. The second-order valence-electron chi connectivity index (χ2n) is 10.2. The minimum atomic E-state index is -1.21. The molecule has 1 aliphatic carbocycles. The summed E-state index contributed by atoms with van der Waals surface area (Å²) in [6.07, 6.45) is 0.766. The van der Waals surface area contributed by atoms with E-state index < -0.39 is 46.7 Å². The number of ether oxygens (including phenoxy) is 1. The third kappa shape index (κ3) is 4.79. The lowest BCUT2D eigenvalue weighted by molar-refractivity contribution is -0.182. The van der Waals surface area contributed by atoms with E-state index in [0.29, 0.717) is 12.8 Å². The van der Waals surface area contributed by atoms with Crippen molar-refractivity contribution in [1.29, 1.82) is 0 Å². The highest BCUT2D eigenvalue weighted by Gasteiger charge is 2.63. The van der Waals surface area contributed by atoms with Crippen molar-refractivity contribution >= 4 is 23.7 Å². The fraction of sp³-hybridized carbons (Fsp3) is 0.357. The highest BCUT2D eigenvalue weighted by atomic mass is 16.7. The van der Waals surface area contributed by atoms with Gasteiger partial charge in [0.1, 0.15) is 12.6 Å². The van der Waals surface area contributed by atoms with Gasteiger partial charge in [-0.05, 0) is 23.8 Å². The van der Waals surface area contributed by atoms with Crippen molar-refractivity contribution in [2.45, 2.75) is 36.9 Å². The monoisotopic (exact) mass is 578 g/mol. The van der Waals surface area contributed by atoms with E-state index >= 15 is 0 Å². The van der Waals surface area contributed by atoms with Gasteiger partial charge in [0.25, 0.3) is 11.8 Å². The first-order valence-electron chi connectivity index (χ1n) is 13.2. The second-order valence-corrected chi connectivity index (χ2v) is 10.2. The molecule has 0 saturated heterocycles. The molecule has 220 valence electrons. The number of rotatable bonds is 10. The maximum absolute atomic E-state index is 13.5. The molecular formula is C28H30N6O8. The predicted octanol–water partition coefficient (Wildman–Crippen LogP) is -0.505. The van der Waals surface area contributed by atoms with E-state index in [2.05, 4.69) is 15.4 Å². The summed E-state index contributed by atoms with van der Waals surface area (Å²) in [5.41, 5.74) is -1.56. The van der Waals surface area contributed by atoms with E-state index in [9.17, 15) is 28.8 Å². The first-order chi connectivity index (χ1) is 20.1. The van der Waals surface area contributed by atoms with Gasteiger partial charge >= 0.3 is 17.3 Å². The molecule has 0 spiro atoms. The van der Waals surface area contributed by atoms with Crippen LogP contribution in [0.25, 0.3) is 5.69 Å². The van der Waals surface area contributed by atoms with Crippen LogP contribution in [0.5, 0.6) is 0 Å². The summed E-state index contributed by atoms with van der Waals surface area (Å²) in [4.78, 5) is 82.8. The number of hydroxylamine groups is 2. The van der Waals surface area contributed by atoms with Gasteiger partial charge in [0.2, 0.25) is 5.91 Å².